The van der Waals surface area contributed by atoms with Crippen LogP contribution in [-0.2, 0) is 88.0 Å². The second-order valence-corrected chi connectivity index (χ2v) is 28.8. The molecule has 0 spiro atoms. The smallest absolute Gasteiger partial charge is 0.264 e. The minimum Gasteiger partial charge on any atom is -0.394 e. The number of rotatable bonds is 40. The molecule has 31 nitrogen and oxygen atoms in total. The van der Waals surface area contributed by atoms with Gasteiger partial charge in [0.1, 0.15) is 54.4 Å². The third-order valence-electron chi connectivity index (χ3n) is 18.3. The van der Waals surface area contributed by atoms with Gasteiger partial charge >= 0.3 is 0 Å². The number of aromatic nitrogens is 1. The maximum absolute atomic E-state index is 15.3. The van der Waals surface area contributed by atoms with E-state index in [4.69, 9.17) is 17.3 Å². The van der Waals surface area contributed by atoms with Crippen LogP contribution in [0.4, 0.5) is 11.4 Å². The Morgan fingerprint density at radius 3 is 1.47 bits per heavy atom. The van der Waals surface area contributed by atoms with E-state index in [0.29, 0.717) is 64.5 Å². The average Bonchev–Trinajstić information content (AvgIpc) is 1.24. The van der Waals surface area contributed by atoms with Crippen LogP contribution >= 0.6 is 11.6 Å². The van der Waals surface area contributed by atoms with E-state index in [1.54, 1.807) is 68.4 Å². The number of fused-ring (bicyclic) bond motifs is 1. The summed E-state index contributed by atoms with van der Waals surface area (Å²) in [7, 11) is 0. The lowest BCUT2D eigenvalue weighted by Crippen LogP contribution is -2.64. The van der Waals surface area contributed by atoms with Gasteiger partial charge in [0.05, 0.1) is 6.61 Å². The molecule has 1 aromatic heterocycles. The van der Waals surface area contributed by atoms with Crippen LogP contribution in [0, 0.1) is 5.92 Å². The fraction of sp³-hybridized carbons (Fsp3) is 0.412. The van der Waals surface area contributed by atoms with Crippen LogP contribution < -0.4 is 74.9 Å². The van der Waals surface area contributed by atoms with Crippen LogP contribution in [0.3, 0.4) is 0 Å². The van der Waals surface area contributed by atoms with E-state index in [-0.39, 0.29) is 74.9 Å². The summed E-state index contributed by atoms with van der Waals surface area (Å²) < 4.78 is 0. The molecule has 0 saturated carbocycles. The van der Waals surface area contributed by atoms with Gasteiger partial charge in [-0.25, -0.2) is 0 Å². The fourth-order valence-electron chi connectivity index (χ4n) is 12.5. The van der Waals surface area contributed by atoms with E-state index in [0.717, 1.165) is 10.8 Å². The number of amides is 14. The lowest BCUT2D eigenvalue weighted by atomic mass is 9.99. The maximum Gasteiger partial charge on any atom is 0.264 e. The van der Waals surface area contributed by atoms with Crippen molar-refractivity contribution in [3.8, 4) is 0 Å². The standard InChI is InChI=1S/C80H101ClN16O15/c1-45(2)38-62(72(104)89-61(16-11-12-34-84-46(3)4)80(112)97-37-13-17-68(97)78(110)85-47(5)69(82)102)90-74(106)64(41-52-21-28-59(29-22-52)86-48(6)99)91-75(107)65(42-53-23-30-60(31-24-53)87-49(7)100)93-77(109)67(44-98)94-79(111)70(95-71(103)56-32-35-83-36-33-56)96-76(108)66(40-51-19-26-58(81)27-20-51)92-73(105)63(88-50(8)101)43-54-18-25-55-14-9-10-15-57(55)39-54/h9-10,14-15,18-33,35-36,39,45-47,61-68,70,84,98H,11-13,16-17,34,37-38,40-44H2,1-8H3,(H2,82,102)(H,85,110)(H,86,99)(H,87,100)(H,88,101)(H,89,104)(H,90,106)(H,91,107)(H,92,105)(H,93,109)(H,94,111)(H,95,103)(H,96,108)/t47-,61+,62+,63-,64-,65+,66-,67+,68-,70-/m1/s1. The molecule has 112 heavy (non-hydrogen) atoms. The molecule has 16 N–H and O–H groups in total. The molecule has 0 unspecified atom stereocenters. The number of halogens is 1. The molecule has 5 aromatic carbocycles. The summed E-state index contributed by atoms with van der Waals surface area (Å²) in [4.78, 5) is 201. The van der Waals surface area contributed by atoms with Gasteiger partial charge in [-0.05, 0) is 139 Å². The molecule has 7 rings (SSSR count). The predicted molar refractivity (Wildman–Crippen MR) is 420 cm³/mol. The molecule has 598 valence electrons. The first-order chi connectivity index (χ1) is 53.3. The van der Waals surface area contributed by atoms with Gasteiger partial charge in [0.25, 0.3) is 11.8 Å². The fourth-order valence-corrected chi connectivity index (χ4v) is 12.6. The van der Waals surface area contributed by atoms with Crippen LogP contribution in [0.1, 0.15) is 127 Å². The van der Waals surface area contributed by atoms with Gasteiger partial charge in [0.2, 0.25) is 70.9 Å². The SMILES string of the molecule is CC(=O)Nc1ccc(C[C@H](NC(=O)[C@H](CO)NC(=O)[C@H](NC(=O)c2ccncc2)NC(=O)[C@@H](Cc2ccc(Cl)cc2)NC(=O)[C@@H](Cc2ccc3ccccc3c2)NC(C)=O)C(=O)N[C@H](Cc2ccc(NC(C)=O)cc2)C(=O)N[C@@H](CC(C)C)C(=O)N[C@@H](CCCCNC(C)C)C(=O)N2CCC[C@@H]2C(=O)N[C@H](C)C(N)=O)cc1. The summed E-state index contributed by atoms with van der Waals surface area (Å²) in [6, 6.07) is 21.7. The van der Waals surface area contributed by atoms with Gasteiger partial charge in [-0.15, -0.1) is 0 Å². The number of likely N-dealkylation sites (tertiary alicyclic amines) is 1. The number of hydrogen-bond donors (Lipinski definition) is 15. The summed E-state index contributed by atoms with van der Waals surface area (Å²) in [5.41, 5.74) is 8.07. The first-order valence-corrected chi connectivity index (χ1v) is 37.5. The van der Waals surface area contributed by atoms with E-state index in [1.807, 2.05) is 50.2 Å². The number of unbranched alkanes of at least 4 members (excludes halogenated alkanes) is 1. The van der Waals surface area contributed by atoms with Crippen LogP contribution in [-0.4, -0.2) is 184 Å². The van der Waals surface area contributed by atoms with Gasteiger partial charge in [-0.3, -0.25) is 72.1 Å². The molecule has 1 aliphatic rings. The summed E-state index contributed by atoms with van der Waals surface area (Å²) in [5, 5.41) is 48.0. The Balaban J connectivity index is 1.19. The zero-order valence-electron chi connectivity index (χ0n) is 63.9. The van der Waals surface area contributed by atoms with Crippen molar-refractivity contribution in [3.05, 3.63) is 173 Å². The number of anilines is 2. The summed E-state index contributed by atoms with van der Waals surface area (Å²) in [6.07, 6.45) is 1.37. The van der Waals surface area contributed by atoms with E-state index < -0.39 is 144 Å². The Morgan fingerprint density at radius 2 is 0.964 bits per heavy atom. The second kappa shape index (κ2) is 43.0. The molecule has 1 aliphatic heterocycles. The largest absolute Gasteiger partial charge is 0.394 e. The minimum absolute atomic E-state index is 0.00373. The van der Waals surface area contributed by atoms with Crippen LogP contribution in [0.2, 0.25) is 5.02 Å². The highest BCUT2D eigenvalue weighted by atomic mass is 35.5. The van der Waals surface area contributed by atoms with Crippen LogP contribution in [0.15, 0.2) is 140 Å². The number of nitrogens with zero attached hydrogens (tertiary/aromatic N) is 2. The van der Waals surface area contributed by atoms with Gasteiger partial charge in [-0.1, -0.05) is 118 Å². The second-order valence-electron chi connectivity index (χ2n) is 28.4. The zero-order chi connectivity index (χ0) is 81.7. The maximum atomic E-state index is 15.3. The van der Waals surface area contributed by atoms with Gasteiger partial charge in [0, 0.05) is 93.4 Å². The van der Waals surface area contributed by atoms with E-state index >= 15 is 9.59 Å². The normalized spacial score (nSPS) is 14.9. The van der Waals surface area contributed by atoms with Crippen molar-refractivity contribution in [2.45, 2.75) is 186 Å². The zero-order valence-corrected chi connectivity index (χ0v) is 64.7. The number of nitrogens with two attached hydrogens (primary N) is 1. The molecule has 0 aliphatic carbocycles. The molecule has 10 atom stereocenters. The van der Waals surface area contributed by atoms with Gasteiger partial charge in [-0.2, -0.15) is 0 Å². The number of primary amides is 1. The summed E-state index contributed by atoms with van der Waals surface area (Å²) >= 11 is 6.24. The highest BCUT2D eigenvalue weighted by Gasteiger charge is 2.41. The number of aliphatic hydroxyl groups is 1. The van der Waals surface area contributed by atoms with Gasteiger partial charge in [0.15, 0.2) is 6.17 Å². The Hall–Kier alpha value is -11.7. The number of hydrogen-bond acceptors (Lipinski definition) is 17. The molecule has 2 heterocycles. The van der Waals surface area contributed by atoms with Crippen molar-refractivity contribution < 1.29 is 72.2 Å². The summed E-state index contributed by atoms with van der Waals surface area (Å²) in [6.45, 7) is 12.4. The lowest BCUT2D eigenvalue weighted by Gasteiger charge is -2.31. The third kappa shape index (κ3) is 28.0. The number of aliphatic hydroxyl groups excluding tert-OH is 1. The number of benzene rings is 5. The molecule has 14 amide bonds. The number of nitrogens with one attached hydrogen (secondary N) is 13. The van der Waals surface area contributed by atoms with E-state index in [9.17, 15) is 62.6 Å². The molecule has 1 fully saturated rings. The van der Waals surface area contributed by atoms with E-state index in [1.165, 1.54) is 81.4 Å². The Kier molecular flexibility index (Phi) is 33.6. The lowest BCUT2D eigenvalue weighted by molar-refractivity contribution is -0.142. The summed E-state index contributed by atoms with van der Waals surface area (Å²) in [5.74, 6) is -11.6. The molecule has 6 aromatic rings. The molecule has 0 bridgehead atoms. The Morgan fingerprint density at radius 1 is 0.500 bits per heavy atom. The molecular formula is C80H101ClN16O15. The molecule has 1 saturated heterocycles. The van der Waals surface area contributed by atoms with Gasteiger partial charge < -0.3 is 84.9 Å². The van der Waals surface area contributed by atoms with Crippen molar-refractivity contribution in [3.63, 3.8) is 0 Å². The average molecular weight is 1560 g/mol. The predicted octanol–water partition coefficient (Wildman–Crippen LogP) is 2.55. The highest BCUT2D eigenvalue weighted by molar-refractivity contribution is 6.30. The minimum atomic E-state index is -2.11. The first kappa shape index (κ1) is 87.5. The number of carbonyl (C=O) groups is 14. The molecule has 32 heteroatoms. The molecular weight excluding hydrogens is 1460 g/mol. The van der Waals surface area contributed by atoms with Crippen LogP contribution in [0.25, 0.3) is 10.8 Å². The Labute approximate surface area is 654 Å². The Bertz CT molecular complexity index is 4310. The van der Waals surface area contributed by atoms with Crippen molar-refractivity contribution >= 4 is 116 Å². The third-order valence-corrected chi connectivity index (χ3v) is 18.5. The van der Waals surface area contributed by atoms with Crippen molar-refractivity contribution in [2.24, 2.45) is 11.7 Å². The topological polar surface area (TPSA) is 458 Å². The number of carbonyl (C=O) groups excluding carboxylic acids is 14. The molecule has 0 radical (unpaired) electrons. The van der Waals surface area contributed by atoms with Crippen molar-refractivity contribution in [1.29, 1.82) is 0 Å². The quantitative estimate of drug-likeness (QED) is 0.0194. The van der Waals surface area contributed by atoms with Crippen molar-refractivity contribution in [2.75, 3.05) is 30.3 Å². The first-order valence-electron chi connectivity index (χ1n) is 37.1. The van der Waals surface area contributed by atoms with Crippen molar-refractivity contribution in [1.82, 2.24) is 68.4 Å². The van der Waals surface area contributed by atoms with E-state index in [2.05, 4.69) is 74.1 Å². The number of pyridine rings is 1. The monoisotopic (exact) mass is 1560 g/mol. The van der Waals surface area contributed by atoms with Crippen LogP contribution in [0.5, 0.6) is 0 Å². The highest BCUT2D eigenvalue weighted by Crippen LogP contribution is 2.23.